The van der Waals surface area contributed by atoms with Crippen molar-refractivity contribution in [2.24, 2.45) is 10.2 Å². The van der Waals surface area contributed by atoms with E-state index in [1.54, 1.807) is 0 Å². The van der Waals surface area contributed by atoms with E-state index in [-0.39, 0.29) is 0 Å². The van der Waals surface area contributed by atoms with Gasteiger partial charge in [-0.05, 0) is 37.1 Å². The molecule has 5 rings (SSSR count). The van der Waals surface area contributed by atoms with Crippen LogP contribution in [0.25, 0.3) is 0 Å². The number of nitrogens with zero attached hydrogens (tertiary/aromatic N) is 6. The maximum absolute atomic E-state index is 4.24. The Morgan fingerprint density at radius 1 is 1.15 bits per heavy atom. The fourth-order valence-corrected chi connectivity index (χ4v) is 4.08. The second-order valence-corrected chi connectivity index (χ2v) is 7.71. The van der Waals surface area contributed by atoms with Gasteiger partial charge >= 0.3 is 0 Å². The molecule has 8 nitrogen and oxygen atoms in total. The number of aromatic amines is 1. The minimum atomic E-state index is 0.421. The number of aryl methyl sites for hydroxylation is 1. The van der Waals surface area contributed by atoms with Crippen LogP contribution in [0.2, 0.25) is 0 Å². The lowest BCUT2D eigenvalue weighted by molar-refractivity contribution is -0.939. The molecular weight excluding hydrogens is 340 g/mol. The van der Waals surface area contributed by atoms with Crippen molar-refractivity contribution >= 4 is 11.6 Å². The van der Waals surface area contributed by atoms with Gasteiger partial charge in [-0.15, -0.1) is 20.4 Å². The second kappa shape index (κ2) is 8.24. The topological polar surface area (TPSA) is 81.6 Å². The van der Waals surface area contributed by atoms with Crippen molar-refractivity contribution in [3.63, 3.8) is 0 Å². The third-order valence-electron chi connectivity index (χ3n) is 5.94. The van der Waals surface area contributed by atoms with Crippen LogP contribution in [-0.2, 0) is 6.42 Å². The molecule has 1 aromatic heterocycles. The van der Waals surface area contributed by atoms with E-state index in [0.29, 0.717) is 5.95 Å². The van der Waals surface area contributed by atoms with Crippen molar-refractivity contribution in [3.05, 3.63) is 35.7 Å². The summed E-state index contributed by atoms with van der Waals surface area (Å²) in [5, 5.41) is 19.4. The largest absolute Gasteiger partial charge is 0.319 e. The van der Waals surface area contributed by atoms with Gasteiger partial charge in [0.05, 0.1) is 31.9 Å². The summed E-state index contributed by atoms with van der Waals surface area (Å²) in [5.74, 6) is 0.421. The number of H-pyrrole nitrogens is 1. The van der Waals surface area contributed by atoms with Crippen LogP contribution in [0, 0.1) is 6.92 Å². The zero-order valence-corrected chi connectivity index (χ0v) is 16.1. The molecule has 0 atom stereocenters. The van der Waals surface area contributed by atoms with Crippen LogP contribution in [-0.4, -0.2) is 83.5 Å². The number of piperazine rings is 3. The van der Waals surface area contributed by atoms with E-state index < -0.39 is 0 Å². The number of fused-ring (bicyclic) bond motifs is 3. The van der Waals surface area contributed by atoms with E-state index in [0.717, 1.165) is 30.8 Å². The first kappa shape index (κ1) is 18.2. The molecule has 3 aliphatic rings. The highest BCUT2D eigenvalue weighted by Crippen LogP contribution is 2.22. The fraction of sp³-hybridized carbons (Fsp3) is 0.579. The number of azo groups is 1. The Kier molecular flexibility index (Phi) is 5.56. The van der Waals surface area contributed by atoms with Crippen LogP contribution in [0.1, 0.15) is 11.1 Å². The summed E-state index contributed by atoms with van der Waals surface area (Å²) >= 11 is 0. The Morgan fingerprint density at radius 2 is 1.96 bits per heavy atom. The average Bonchev–Trinajstić information content (AvgIpc) is 3.22. The fourth-order valence-electron chi connectivity index (χ4n) is 4.08. The van der Waals surface area contributed by atoms with E-state index in [9.17, 15) is 0 Å². The molecule has 8 heteroatoms. The molecule has 2 bridgehead atoms. The van der Waals surface area contributed by atoms with Crippen molar-refractivity contribution in [1.29, 1.82) is 0 Å². The lowest BCUT2D eigenvalue weighted by atomic mass is 10.1. The van der Waals surface area contributed by atoms with Crippen molar-refractivity contribution in [2.75, 3.05) is 58.9 Å². The van der Waals surface area contributed by atoms with Gasteiger partial charge in [-0.2, -0.15) is 0 Å². The zero-order valence-electron chi connectivity index (χ0n) is 16.1. The molecule has 3 fully saturated rings. The van der Waals surface area contributed by atoms with Crippen molar-refractivity contribution in [2.45, 2.75) is 13.3 Å². The third-order valence-corrected chi connectivity index (χ3v) is 5.94. The molecule has 0 spiro atoms. The maximum Gasteiger partial charge on any atom is 0.267 e. The van der Waals surface area contributed by atoms with Gasteiger partial charge in [0.2, 0.25) is 0 Å². The molecule has 0 aliphatic carbocycles. The number of quaternary nitrogens is 1. The van der Waals surface area contributed by atoms with Gasteiger partial charge < -0.3 is 14.8 Å². The summed E-state index contributed by atoms with van der Waals surface area (Å²) < 4.78 is 1.33. The normalized spacial score (nSPS) is 24.7. The van der Waals surface area contributed by atoms with Crippen LogP contribution >= 0.6 is 0 Å². The Hall–Kier alpha value is -2.16. The first-order chi connectivity index (χ1) is 13.2. The van der Waals surface area contributed by atoms with E-state index in [1.807, 2.05) is 6.07 Å². The number of aromatic nitrogens is 3. The van der Waals surface area contributed by atoms with Crippen molar-refractivity contribution in [3.8, 4) is 0 Å². The van der Waals surface area contributed by atoms with Crippen LogP contribution in [0.3, 0.4) is 0 Å². The minimum absolute atomic E-state index is 0.421. The van der Waals surface area contributed by atoms with Gasteiger partial charge in [0.1, 0.15) is 6.33 Å². The van der Waals surface area contributed by atoms with Crippen molar-refractivity contribution in [1.82, 2.24) is 25.4 Å². The third kappa shape index (κ3) is 4.58. The summed E-state index contributed by atoms with van der Waals surface area (Å²) in [7, 11) is 0. The Labute approximate surface area is 160 Å². The number of benzene rings is 1. The van der Waals surface area contributed by atoms with Gasteiger partial charge in [-0.3, -0.25) is 4.90 Å². The lowest BCUT2D eigenvalue weighted by Crippen LogP contribution is -2.68. The highest BCUT2D eigenvalue weighted by atomic mass is 15.5. The van der Waals surface area contributed by atoms with E-state index in [4.69, 9.17) is 0 Å². The standard InChI is InChI=1S/C19H29N8/c1-16-14-17(2-3-18(16)23-25-19-21-15-22-24-19)4-5-20-6-10-27-11-7-26(8-12-27)9-13-27/h2-3,14-15,20H,4-13H2,1H3,(H,21,22,24)/q+1. The monoisotopic (exact) mass is 369 g/mol. The van der Waals surface area contributed by atoms with Gasteiger partial charge in [0, 0.05) is 26.2 Å². The highest BCUT2D eigenvalue weighted by molar-refractivity contribution is 5.47. The molecule has 0 amide bonds. The second-order valence-electron chi connectivity index (χ2n) is 7.71. The van der Waals surface area contributed by atoms with Crippen LogP contribution in [0.5, 0.6) is 0 Å². The first-order valence-corrected chi connectivity index (χ1v) is 9.88. The number of hydrogen-bond donors (Lipinski definition) is 2. The predicted molar refractivity (Wildman–Crippen MR) is 104 cm³/mol. The van der Waals surface area contributed by atoms with Gasteiger partial charge in [-0.1, -0.05) is 12.1 Å². The summed E-state index contributed by atoms with van der Waals surface area (Å²) in [6, 6.07) is 6.35. The minimum Gasteiger partial charge on any atom is -0.319 e. The molecule has 3 aliphatic heterocycles. The highest BCUT2D eigenvalue weighted by Gasteiger charge is 2.37. The van der Waals surface area contributed by atoms with Gasteiger partial charge in [0.15, 0.2) is 0 Å². The Balaban J connectivity index is 1.21. The predicted octanol–water partition coefficient (Wildman–Crippen LogP) is 1.81. The summed E-state index contributed by atoms with van der Waals surface area (Å²) in [4.78, 5) is 5.42. The Bertz CT molecular complexity index is 748. The summed E-state index contributed by atoms with van der Waals surface area (Å²) in [6.45, 7) is 13.4. The van der Waals surface area contributed by atoms with E-state index in [2.05, 4.69) is 54.7 Å². The van der Waals surface area contributed by atoms with Crippen LogP contribution in [0.15, 0.2) is 34.8 Å². The number of nitrogens with one attached hydrogen (secondary N) is 2. The molecule has 0 unspecified atom stereocenters. The Morgan fingerprint density at radius 3 is 2.67 bits per heavy atom. The van der Waals surface area contributed by atoms with Crippen molar-refractivity contribution < 1.29 is 4.48 Å². The molecular formula is C19H29N8+. The van der Waals surface area contributed by atoms with Crippen LogP contribution in [0.4, 0.5) is 11.6 Å². The van der Waals surface area contributed by atoms with Crippen LogP contribution < -0.4 is 5.32 Å². The average molecular weight is 369 g/mol. The molecule has 0 radical (unpaired) electrons. The summed E-state index contributed by atoms with van der Waals surface area (Å²) in [6.07, 6.45) is 2.53. The van der Waals surface area contributed by atoms with E-state index in [1.165, 1.54) is 62.2 Å². The zero-order chi connectivity index (χ0) is 18.5. The molecule has 27 heavy (non-hydrogen) atoms. The quantitative estimate of drug-likeness (QED) is 0.422. The smallest absolute Gasteiger partial charge is 0.267 e. The number of rotatable bonds is 8. The molecule has 1 aromatic carbocycles. The van der Waals surface area contributed by atoms with E-state index >= 15 is 0 Å². The molecule has 3 saturated heterocycles. The molecule has 144 valence electrons. The molecule has 0 saturated carbocycles. The lowest BCUT2D eigenvalue weighted by Gasteiger charge is -2.50. The molecule has 4 heterocycles. The summed E-state index contributed by atoms with van der Waals surface area (Å²) in [5.41, 5.74) is 3.32. The number of hydrogen-bond acceptors (Lipinski definition) is 6. The van der Waals surface area contributed by atoms with Gasteiger partial charge in [0.25, 0.3) is 5.95 Å². The van der Waals surface area contributed by atoms with Gasteiger partial charge in [-0.25, -0.2) is 0 Å². The molecule has 2 N–H and O–H groups in total. The molecule has 2 aromatic rings. The SMILES string of the molecule is Cc1cc(CCNCC[N+]23CCN(CC2)CC3)ccc1N=Nc1nnc[nH]1. The first-order valence-electron chi connectivity index (χ1n) is 9.88. The maximum atomic E-state index is 4.24.